The molecule has 1 aliphatic carbocycles. The maximum absolute atomic E-state index is 13.2. The van der Waals surface area contributed by atoms with Gasteiger partial charge in [-0.15, -0.1) is 0 Å². The molecule has 3 heterocycles. The van der Waals surface area contributed by atoms with Crippen molar-refractivity contribution in [1.29, 1.82) is 0 Å². The van der Waals surface area contributed by atoms with E-state index in [1.165, 1.54) is 0 Å². The Morgan fingerprint density at radius 3 is 2.74 bits per heavy atom. The van der Waals surface area contributed by atoms with Crippen LogP contribution in [-0.4, -0.2) is 34.7 Å². The Kier molecular flexibility index (Phi) is 5.06. The highest BCUT2D eigenvalue weighted by atomic mass is 16.7. The van der Waals surface area contributed by atoms with Crippen molar-refractivity contribution >= 4 is 22.7 Å². The Morgan fingerprint density at radius 2 is 1.86 bits per heavy atom. The third-order valence-electron chi connectivity index (χ3n) is 6.80. The normalized spacial score (nSPS) is 13.8. The highest BCUT2D eigenvalue weighted by Crippen LogP contribution is 2.35. The van der Waals surface area contributed by atoms with Crippen LogP contribution in [0, 0.1) is 13.8 Å². The standard InChI is InChI=1S/C28H24N2O5/c1-16-12-21(17(2)30(16)18-10-11-25-26(13-18)35-15-34-25)24(31)14-33-28(32)27-19-6-3-4-8-22(19)29-23-9-5-7-20(23)27/h3-4,6,8,10-13H,5,7,9,14-15H2,1-2H3. The number of aromatic nitrogens is 2. The smallest absolute Gasteiger partial charge is 0.339 e. The fraction of sp³-hybridized carbons (Fsp3) is 0.250. The van der Waals surface area contributed by atoms with Gasteiger partial charge in [0.25, 0.3) is 0 Å². The van der Waals surface area contributed by atoms with Crippen LogP contribution < -0.4 is 9.47 Å². The summed E-state index contributed by atoms with van der Waals surface area (Å²) in [5, 5.41) is 0.770. The average Bonchev–Trinajstić information content (AvgIpc) is 3.59. The molecule has 0 N–H and O–H groups in total. The van der Waals surface area contributed by atoms with E-state index in [1.807, 2.05) is 66.9 Å². The zero-order valence-corrected chi connectivity index (χ0v) is 19.6. The van der Waals surface area contributed by atoms with Crippen LogP contribution in [0.1, 0.15) is 49.8 Å². The van der Waals surface area contributed by atoms with Crippen LogP contribution in [0.25, 0.3) is 16.6 Å². The summed E-state index contributed by atoms with van der Waals surface area (Å²) in [4.78, 5) is 31.1. The number of pyridine rings is 1. The molecule has 35 heavy (non-hydrogen) atoms. The summed E-state index contributed by atoms with van der Waals surface area (Å²) in [6.45, 7) is 3.70. The summed E-state index contributed by atoms with van der Waals surface area (Å²) in [6, 6.07) is 15.1. The monoisotopic (exact) mass is 468 g/mol. The minimum absolute atomic E-state index is 0.202. The van der Waals surface area contributed by atoms with Gasteiger partial charge >= 0.3 is 5.97 Å². The van der Waals surface area contributed by atoms with Crippen LogP contribution in [0.3, 0.4) is 0 Å². The lowest BCUT2D eigenvalue weighted by Gasteiger charge is -2.12. The molecule has 0 radical (unpaired) electrons. The molecule has 0 saturated heterocycles. The summed E-state index contributed by atoms with van der Waals surface area (Å²) < 4.78 is 18.5. The number of Topliss-reactive ketones (excluding diaryl/α,β-unsaturated/α-hetero) is 1. The number of nitrogens with zero attached hydrogens (tertiary/aromatic N) is 2. The first-order valence-electron chi connectivity index (χ1n) is 11.7. The fourth-order valence-corrected chi connectivity index (χ4v) is 5.19. The van der Waals surface area contributed by atoms with E-state index in [0.717, 1.165) is 58.5 Å². The number of hydrogen-bond donors (Lipinski definition) is 0. The van der Waals surface area contributed by atoms with E-state index in [-0.39, 0.29) is 19.2 Å². The van der Waals surface area contributed by atoms with Crippen LogP contribution in [0.5, 0.6) is 11.5 Å². The number of ether oxygens (including phenoxy) is 3. The molecule has 176 valence electrons. The van der Waals surface area contributed by atoms with Gasteiger partial charge < -0.3 is 18.8 Å². The Morgan fingerprint density at radius 1 is 1.03 bits per heavy atom. The van der Waals surface area contributed by atoms with Crippen molar-refractivity contribution in [3.63, 3.8) is 0 Å². The van der Waals surface area contributed by atoms with Crippen molar-refractivity contribution in [3.05, 3.63) is 82.3 Å². The third kappa shape index (κ3) is 3.55. The summed E-state index contributed by atoms with van der Waals surface area (Å²) >= 11 is 0. The number of para-hydroxylation sites is 1. The average molecular weight is 469 g/mol. The van der Waals surface area contributed by atoms with E-state index in [4.69, 9.17) is 19.2 Å². The Bertz CT molecular complexity index is 1520. The molecule has 0 fully saturated rings. The Balaban J connectivity index is 1.26. The number of carbonyl (C=O) groups excluding carboxylic acids is 2. The third-order valence-corrected chi connectivity index (χ3v) is 6.80. The fourth-order valence-electron chi connectivity index (χ4n) is 5.19. The lowest BCUT2D eigenvalue weighted by molar-refractivity contribution is 0.0475. The van der Waals surface area contributed by atoms with E-state index < -0.39 is 5.97 Å². The molecule has 0 spiro atoms. The number of carbonyl (C=O) groups is 2. The summed E-state index contributed by atoms with van der Waals surface area (Å²) in [6.07, 6.45) is 2.61. The van der Waals surface area contributed by atoms with Gasteiger partial charge in [-0.1, -0.05) is 18.2 Å². The van der Waals surface area contributed by atoms with E-state index in [0.29, 0.717) is 22.6 Å². The Labute approximate surface area is 202 Å². The molecule has 2 aromatic heterocycles. The number of hydrogen-bond acceptors (Lipinski definition) is 6. The van der Waals surface area contributed by atoms with Crippen LogP contribution in [-0.2, 0) is 17.6 Å². The SMILES string of the molecule is Cc1cc(C(=O)COC(=O)c2c3c(nc4ccccc24)CCC3)c(C)n1-c1ccc2c(c1)OCO2. The molecule has 0 unspecified atom stereocenters. The first-order chi connectivity index (χ1) is 17.0. The first-order valence-corrected chi connectivity index (χ1v) is 11.7. The minimum Gasteiger partial charge on any atom is -0.454 e. The van der Waals surface area contributed by atoms with E-state index >= 15 is 0 Å². The summed E-state index contributed by atoms with van der Waals surface area (Å²) in [7, 11) is 0. The molecule has 2 aromatic carbocycles. The lowest BCUT2D eigenvalue weighted by Crippen LogP contribution is -2.17. The topological polar surface area (TPSA) is 79.7 Å². The molecule has 0 saturated carbocycles. The van der Waals surface area contributed by atoms with Crippen molar-refractivity contribution in [2.45, 2.75) is 33.1 Å². The zero-order chi connectivity index (χ0) is 24.1. The number of ketones is 1. The first kappa shape index (κ1) is 21.4. The van der Waals surface area contributed by atoms with Crippen molar-refractivity contribution < 1.29 is 23.8 Å². The van der Waals surface area contributed by atoms with Gasteiger partial charge in [-0.3, -0.25) is 9.78 Å². The zero-order valence-electron chi connectivity index (χ0n) is 19.6. The van der Waals surface area contributed by atoms with Crippen molar-refractivity contribution in [1.82, 2.24) is 9.55 Å². The van der Waals surface area contributed by atoms with Gasteiger partial charge in [0.05, 0.1) is 11.1 Å². The number of esters is 1. The van der Waals surface area contributed by atoms with Gasteiger partial charge in [0.2, 0.25) is 12.6 Å². The molecule has 7 nitrogen and oxygen atoms in total. The van der Waals surface area contributed by atoms with Crippen molar-refractivity contribution in [2.24, 2.45) is 0 Å². The quantitative estimate of drug-likeness (QED) is 0.306. The second kappa shape index (κ2) is 8.27. The van der Waals surface area contributed by atoms with Gasteiger partial charge in [0.1, 0.15) is 0 Å². The maximum atomic E-state index is 13.2. The molecule has 6 rings (SSSR count). The number of rotatable bonds is 5. The predicted octanol–water partition coefficient (Wildman–Crippen LogP) is 4.90. The molecule has 1 aliphatic heterocycles. The summed E-state index contributed by atoms with van der Waals surface area (Å²) in [5.41, 5.74) is 6.29. The van der Waals surface area contributed by atoms with E-state index in [1.54, 1.807) is 0 Å². The van der Waals surface area contributed by atoms with E-state index in [2.05, 4.69) is 0 Å². The largest absolute Gasteiger partial charge is 0.454 e. The Hall–Kier alpha value is -4.13. The molecule has 2 aliphatic rings. The van der Waals surface area contributed by atoms with Crippen molar-refractivity contribution in [3.8, 4) is 17.2 Å². The molecule has 4 aromatic rings. The second-order valence-corrected chi connectivity index (χ2v) is 8.94. The second-order valence-electron chi connectivity index (χ2n) is 8.94. The van der Waals surface area contributed by atoms with Crippen LogP contribution in [0.4, 0.5) is 0 Å². The van der Waals surface area contributed by atoms with Gasteiger partial charge in [-0.2, -0.15) is 0 Å². The maximum Gasteiger partial charge on any atom is 0.339 e. The molecule has 7 heteroatoms. The molecule has 0 amide bonds. The van der Waals surface area contributed by atoms with Gasteiger partial charge in [-0.05, 0) is 62.9 Å². The highest BCUT2D eigenvalue weighted by Gasteiger charge is 2.26. The highest BCUT2D eigenvalue weighted by molar-refractivity contribution is 6.07. The number of aryl methyl sites for hydroxylation is 2. The molecule has 0 atom stereocenters. The molecular formula is C28H24N2O5. The summed E-state index contributed by atoms with van der Waals surface area (Å²) in [5.74, 6) is 0.664. The van der Waals surface area contributed by atoms with Crippen LogP contribution in [0.15, 0.2) is 48.5 Å². The molecule has 0 bridgehead atoms. The predicted molar refractivity (Wildman–Crippen MR) is 130 cm³/mol. The minimum atomic E-state index is -0.473. The van der Waals surface area contributed by atoms with Gasteiger partial charge in [0.15, 0.2) is 18.1 Å². The van der Waals surface area contributed by atoms with Crippen LogP contribution >= 0.6 is 0 Å². The van der Waals surface area contributed by atoms with E-state index in [9.17, 15) is 9.59 Å². The van der Waals surface area contributed by atoms with Crippen LogP contribution in [0.2, 0.25) is 0 Å². The molecular weight excluding hydrogens is 444 g/mol. The number of benzene rings is 2. The lowest BCUT2D eigenvalue weighted by atomic mass is 10.0. The number of fused-ring (bicyclic) bond motifs is 3. The van der Waals surface area contributed by atoms with Gasteiger partial charge in [0, 0.05) is 39.8 Å². The van der Waals surface area contributed by atoms with Gasteiger partial charge in [-0.25, -0.2) is 4.79 Å². The van der Waals surface area contributed by atoms with Crippen molar-refractivity contribution in [2.75, 3.05) is 13.4 Å².